The number of carbonyl (C=O) groups is 1. The first kappa shape index (κ1) is 30.1. The topological polar surface area (TPSA) is 57.0 Å². The molecule has 0 saturated heterocycles. The van der Waals surface area contributed by atoms with E-state index in [9.17, 15) is 18.0 Å². The van der Waals surface area contributed by atoms with Crippen molar-refractivity contribution >= 4 is 5.91 Å². The summed E-state index contributed by atoms with van der Waals surface area (Å²) < 4.78 is 38.9. The fourth-order valence-electron chi connectivity index (χ4n) is 7.42. The molecule has 7 heteroatoms. The zero-order valence-corrected chi connectivity index (χ0v) is 24.1. The smallest absolute Gasteiger partial charge is 0.337 e. The van der Waals surface area contributed by atoms with Crippen LogP contribution in [0.3, 0.4) is 0 Å². The number of benzene rings is 1. The molecular weight excluding hydrogens is 511 g/mol. The van der Waals surface area contributed by atoms with Crippen molar-refractivity contribution in [3.05, 3.63) is 64.5 Å². The van der Waals surface area contributed by atoms with Crippen molar-refractivity contribution in [1.82, 2.24) is 9.88 Å². The Balaban J connectivity index is 0.000000212. The molecule has 0 radical (unpaired) electrons. The Morgan fingerprint density at radius 2 is 1.98 bits per heavy atom. The number of amides is 1. The molecule has 1 aromatic heterocycles. The molecule has 1 aliphatic heterocycles. The summed E-state index contributed by atoms with van der Waals surface area (Å²) in [7, 11) is 0. The molecule has 5 rings (SSSR count). The Kier molecular flexibility index (Phi) is 9.59. The summed E-state index contributed by atoms with van der Waals surface area (Å²) in [6, 6.07) is 11.4. The highest BCUT2D eigenvalue weighted by Crippen LogP contribution is 2.57. The molecular formula is C33H42F3N3O. The van der Waals surface area contributed by atoms with Gasteiger partial charge in [0.05, 0.1) is 22.6 Å². The van der Waals surface area contributed by atoms with Gasteiger partial charge in [-0.25, -0.2) is 0 Å². The summed E-state index contributed by atoms with van der Waals surface area (Å²) >= 11 is 0. The van der Waals surface area contributed by atoms with Gasteiger partial charge in [0.25, 0.3) is 0 Å². The fourth-order valence-corrected chi connectivity index (χ4v) is 7.42. The molecule has 3 atom stereocenters. The molecule has 2 aromatic rings. The van der Waals surface area contributed by atoms with Crippen molar-refractivity contribution in [1.29, 1.82) is 5.26 Å². The third kappa shape index (κ3) is 6.53. The molecule has 1 aromatic carbocycles. The van der Waals surface area contributed by atoms with Crippen molar-refractivity contribution in [2.45, 2.75) is 104 Å². The van der Waals surface area contributed by atoms with Gasteiger partial charge in [0.15, 0.2) is 0 Å². The van der Waals surface area contributed by atoms with E-state index in [0.29, 0.717) is 42.0 Å². The number of rotatable bonds is 6. The van der Waals surface area contributed by atoms with Crippen molar-refractivity contribution in [2.24, 2.45) is 17.3 Å². The molecule has 2 fully saturated rings. The second-order valence-electron chi connectivity index (χ2n) is 12.1. The molecule has 3 aliphatic rings. The lowest BCUT2D eigenvalue weighted by molar-refractivity contribution is -0.144. The van der Waals surface area contributed by atoms with Gasteiger partial charge in [0.2, 0.25) is 5.91 Å². The van der Waals surface area contributed by atoms with Crippen LogP contribution in [0.25, 0.3) is 0 Å². The first-order valence-electron chi connectivity index (χ1n) is 15.0. The Hall–Kier alpha value is -2.88. The number of pyridine rings is 1. The van der Waals surface area contributed by atoms with Gasteiger partial charge in [-0.2, -0.15) is 18.4 Å². The van der Waals surface area contributed by atoms with Gasteiger partial charge in [-0.15, -0.1) is 0 Å². The van der Waals surface area contributed by atoms with Gasteiger partial charge < -0.3 is 4.90 Å². The van der Waals surface area contributed by atoms with Gasteiger partial charge in [-0.05, 0) is 85.6 Å². The van der Waals surface area contributed by atoms with Crippen LogP contribution in [0.15, 0.2) is 36.5 Å². The van der Waals surface area contributed by atoms with Crippen molar-refractivity contribution in [3.63, 3.8) is 0 Å². The van der Waals surface area contributed by atoms with Gasteiger partial charge in [-0.3, -0.25) is 9.78 Å². The number of aromatic nitrogens is 1. The van der Waals surface area contributed by atoms with E-state index in [1.54, 1.807) is 4.90 Å². The van der Waals surface area contributed by atoms with Crippen molar-refractivity contribution in [2.75, 3.05) is 6.54 Å². The summed E-state index contributed by atoms with van der Waals surface area (Å²) in [5.41, 5.74) is 2.37. The molecule has 40 heavy (non-hydrogen) atoms. The Morgan fingerprint density at radius 1 is 1.23 bits per heavy atom. The molecule has 0 N–H and O–H groups in total. The maximum absolute atomic E-state index is 13.3. The molecule has 4 nitrogen and oxygen atoms in total. The van der Waals surface area contributed by atoms with E-state index >= 15 is 0 Å². The fraction of sp³-hybridized carbons (Fsp3) is 0.606. The highest BCUT2D eigenvalue weighted by Gasteiger charge is 2.55. The number of fused-ring (bicyclic) bond motifs is 2. The minimum Gasteiger partial charge on any atom is -0.337 e. The average molecular weight is 554 g/mol. The zero-order chi connectivity index (χ0) is 28.9. The molecule has 0 spiro atoms. The average Bonchev–Trinajstić information content (AvgIpc) is 3.48. The molecule has 2 heterocycles. The van der Waals surface area contributed by atoms with E-state index < -0.39 is 11.7 Å². The van der Waals surface area contributed by atoms with E-state index in [1.165, 1.54) is 37.3 Å². The van der Waals surface area contributed by atoms with E-state index in [2.05, 4.69) is 37.9 Å². The van der Waals surface area contributed by atoms with Crippen LogP contribution in [0.5, 0.6) is 0 Å². The Bertz CT molecular complexity index is 1210. The molecule has 216 valence electrons. The summed E-state index contributed by atoms with van der Waals surface area (Å²) in [5, 5.41) is 8.85. The summed E-state index contributed by atoms with van der Waals surface area (Å²) in [6.45, 7) is 7.47. The third-order valence-corrected chi connectivity index (χ3v) is 9.20. The summed E-state index contributed by atoms with van der Waals surface area (Å²) in [5.74, 6) is 1.82. The van der Waals surface area contributed by atoms with Gasteiger partial charge >= 0.3 is 6.18 Å². The number of carbonyl (C=O) groups excluding carboxylic acids is 1. The Labute approximate surface area is 237 Å². The van der Waals surface area contributed by atoms with Gasteiger partial charge in [-0.1, -0.05) is 52.2 Å². The van der Waals surface area contributed by atoms with Crippen LogP contribution in [-0.4, -0.2) is 22.3 Å². The number of hydrogen-bond donors (Lipinski definition) is 0. The van der Waals surface area contributed by atoms with E-state index in [0.717, 1.165) is 43.9 Å². The predicted molar refractivity (Wildman–Crippen MR) is 150 cm³/mol. The quantitative estimate of drug-likeness (QED) is 0.361. The minimum atomic E-state index is -4.40. The first-order valence-corrected chi connectivity index (χ1v) is 15.0. The molecule has 0 bridgehead atoms. The summed E-state index contributed by atoms with van der Waals surface area (Å²) in [6.07, 6.45) is 7.09. The molecule has 2 saturated carbocycles. The minimum absolute atomic E-state index is 0.169. The van der Waals surface area contributed by atoms with Crippen molar-refractivity contribution in [3.8, 4) is 6.07 Å². The second kappa shape index (κ2) is 12.7. The Morgan fingerprint density at radius 3 is 2.65 bits per heavy atom. The SMILES string of the molecule is CC1CC2CCCC2(C(=O)N2CCc3ncc(C(F)(F)F)cc3C2)C1.CCCC(CCC)c1cccc(C#N)c1. The van der Waals surface area contributed by atoms with Crippen LogP contribution >= 0.6 is 0 Å². The third-order valence-electron chi connectivity index (χ3n) is 9.20. The van der Waals surface area contributed by atoms with Crippen molar-refractivity contribution < 1.29 is 18.0 Å². The number of alkyl halides is 3. The van der Waals surface area contributed by atoms with Crippen LogP contribution in [0.1, 0.15) is 112 Å². The molecule has 3 unspecified atom stereocenters. The lowest BCUT2D eigenvalue weighted by Crippen LogP contribution is -2.46. The maximum Gasteiger partial charge on any atom is 0.417 e. The standard InChI is InChI=1S/C19H23F3N2O.C14H19N/c1-12-7-14-3-2-5-18(14,9-12)17(25)24-6-4-16-13(11-24)8-15(10-23-16)19(20,21)22;1-3-6-13(7-4-2)14-9-5-8-12(10-14)11-15/h8,10,12,14H,2-7,9,11H2,1H3;5,8-10,13H,3-4,6-7H2,1-2H3. The van der Waals surface area contributed by atoms with E-state index in [-0.39, 0.29) is 17.9 Å². The first-order chi connectivity index (χ1) is 19.1. The lowest BCUT2D eigenvalue weighted by atomic mass is 9.78. The van der Waals surface area contributed by atoms with Gasteiger partial charge in [0, 0.05) is 31.4 Å². The van der Waals surface area contributed by atoms with E-state index in [1.807, 2.05) is 18.2 Å². The van der Waals surface area contributed by atoms with Crippen LogP contribution in [0.2, 0.25) is 0 Å². The number of halogens is 3. The lowest BCUT2D eigenvalue weighted by Gasteiger charge is -2.37. The molecule has 1 amide bonds. The highest BCUT2D eigenvalue weighted by molar-refractivity contribution is 5.84. The predicted octanol–water partition coefficient (Wildman–Crippen LogP) is 8.44. The largest absolute Gasteiger partial charge is 0.417 e. The number of nitrogens with zero attached hydrogens (tertiary/aromatic N) is 3. The second-order valence-corrected chi connectivity index (χ2v) is 12.1. The number of hydrogen-bond acceptors (Lipinski definition) is 3. The normalized spacial score (nSPS) is 23.7. The van der Waals surface area contributed by atoms with Crippen LogP contribution in [0.4, 0.5) is 13.2 Å². The monoisotopic (exact) mass is 553 g/mol. The maximum atomic E-state index is 13.3. The summed E-state index contributed by atoms with van der Waals surface area (Å²) in [4.78, 5) is 19.1. The zero-order valence-electron chi connectivity index (χ0n) is 24.1. The van der Waals surface area contributed by atoms with Crippen LogP contribution in [-0.2, 0) is 23.9 Å². The van der Waals surface area contributed by atoms with Crippen LogP contribution < -0.4 is 0 Å². The van der Waals surface area contributed by atoms with Gasteiger partial charge in [0.1, 0.15) is 0 Å². The van der Waals surface area contributed by atoms with E-state index in [4.69, 9.17) is 5.26 Å². The number of nitriles is 1. The molecule has 2 aliphatic carbocycles. The van der Waals surface area contributed by atoms with Crippen LogP contribution in [0, 0.1) is 28.6 Å². The highest BCUT2D eigenvalue weighted by atomic mass is 19.4.